The molecule has 26 heavy (non-hydrogen) atoms. The first-order valence-corrected chi connectivity index (χ1v) is 8.99. The molecule has 1 heterocycles. The average Bonchev–Trinajstić information content (AvgIpc) is 3.46. The van der Waals surface area contributed by atoms with Crippen molar-refractivity contribution >= 4 is 23.2 Å². The Hall–Kier alpha value is -2.03. The van der Waals surface area contributed by atoms with E-state index in [1.807, 2.05) is 6.92 Å². The first kappa shape index (κ1) is 18.8. The second-order valence-electron chi connectivity index (χ2n) is 6.56. The normalized spacial score (nSPS) is 18.9. The van der Waals surface area contributed by atoms with Crippen molar-refractivity contribution < 1.29 is 18.7 Å². The third-order valence-corrected chi connectivity index (χ3v) is 4.82. The SMILES string of the molecule is CCN(C1CC1)[C@@H](CN)C(=O)Nc1ccc(N2CCOCC2=O)cc1F. The smallest absolute Gasteiger partial charge is 0.253 e. The van der Waals surface area contributed by atoms with E-state index < -0.39 is 11.9 Å². The van der Waals surface area contributed by atoms with Gasteiger partial charge < -0.3 is 20.7 Å². The molecule has 2 amide bonds. The van der Waals surface area contributed by atoms with Gasteiger partial charge in [0.2, 0.25) is 5.91 Å². The predicted octanol–water partition coefficient (Wildman–Crippen LogP) is 0.939. The standard InChI is InChI=1S/C18H25FN4O3/c1-2-22(12-3-4-12)16(10-20)18(25)21-15-6-5-13(9-14(15)19)23-7-8-26-11-17(23)24/h5-6,9,12,16H,2-4,7-8,10-11,20H2,1H3,(H,21,25)/t16-/m0/s1. The van der Waals surface area contributed by atoms with Gasteiger partial charge >= 0.3 is 0 Å². The van der Waals surface area contributed by atoms with Crippen LogP contribution in [-0.2, 0) is 14.3 Å². The minimum Gasteiger partial charge on any atom is -0.370 e. The fourth-order valence-electron chi connectivity index (χ4n) is 3.31. The number of anilines is 2. The molecule has 1 saturated heterocycles. The number of rotatable bonds is 7. The fraction of sp³-hybridized carbons (Fsp3) is 0.556. The van der Waals surface area contributed by atoms with Crippen LogP contribution in [0.25, 0.3) is 0 Å². The molecule has 0 bridgehead atoms. The zero-order chi connectivity index (χ0) is 18.7. The summed E-state index contributed by atoms with van der Waals surface area (Å²) < 4.78 is 19.6. The lowest BCUT2D eigenvalue weighted by Crippen LogP contribution is -2.49. The Morgan fingerprint density at radius 3 is 2.85 bits per heavy atom. The highest BCUT2D eigenvalue weighted by Gasteiger charge is 2.35. The summed E-state index contributed by atoms with van der Waals surface area (Å²) in [7, 11) is 0. The van der Waals surface area contributed by atoms with Gasteiger partial charge in [-0.25, -0.2) is 4.39 Å². The molecule has 1 aromatic carbocycles. The molecule has 2 fully saturated rings. The Balaban J connectivity index is 1.71. The fourth-order valence-corrected chi connectivity index (χ4v) is 3.31. The van der Waals surface area contributed by atoms with Gasteiger partial charge in [0.1, 0.15) is 18.5 Å². The third kappa shape index (κ3) is 4.03. The molecule has 7 nitrogen and oxygen atoms in total. The van der Waals surface area contributed by atoms with E-state index in [9.17, 15) is 14.0 Å². The first-order valence-electron chi connectivity index (χ1n) is 8.99. The van der Waals surface area contributed by atoms with Gasteiger partial charge in [0.05, 0.1) is 12.3 Å². The van der Waals surface area contributed by atoms with Gasteiger partial charge in [0, 0.05) is 24.8 Å². The van der Waals surface area contributed by atoms with Crippen LogP contribution in [0.15, 0.2) is 18.2 Å². The topological polar surface area (TPSA) is 87.9 Å². The quantitative estimate of drug-likeness (QED) is 0.752. The van der Waals surface area contributed by atoms with Crippen molar-refractivity contribution in [3.63, 3.8) is 0 Å². The maximum Gasteiger partial charge on any atom is 0.253 e. The van der Waals surface area contributed by atoms with Crippen molar-refractivity contribution in [1.29, 1.82) is 0 Å². The van der Waals surface area contributed by atoms with Gasteiger partial charge in [0.15, 0.2) is 0 Å². The summed E-state index contributed by atoms with van der Waals surface area (Å²) in [6, 6.07) is 4.27. The van der Waals surface area contributed by atoms with E-state index in [0.29, 0.717) is 24.9 Å². The highest BCUT2D eigenvalue weighted by Crippen LogP contribution is 2.29. The maximum absolute atomic E-state index is 14.5. The lowest BCUT2D eigenvalue weighted by molar-refractivity contribution is -0.125. The highest BCUT2D eigenvalue weighted by atomic mass is 19.1. The van der Waals surface area contributed by atoms with E-state index in [2.05, 4.69) is 10.2 Å². The second kappa shape index (κ2) is 8.11. The van der Waals surface area contributed by atoms with Crippen molar-refractivity contribution in [1.82, 2.24) is 4.90 Å². The summed E-state index contributed by atoms with van der Waals surface area (Å²) in [4.78, 5) is 28.0. The summed E-state index contributed by atoms with van der Waals surface area (Å²) in [5.74, 6) is -1.10. The molecule has 1 aliphatic heterocycles. The number of carbonyl (C=O) groups is 2. The van der Waals surface area contributed by atoms with E-state index in [-0.39, 0.29) is 30.7 Å². The minimum atomic E-state index is -0.583. The number of carbonyl (C=O) groups excluding carboxylic acids is 2. The van der Waals surface area contributed by atoms with Crippen LogP contribution >= 0.6 is 0 Å². The monoisotopic (exact) mass is 364 g/mol. The number of nitrogens with one attached hydrogen (secondary N) is 1. The molecule has 0 aromatic heterocycles. The minimum absolute atomic E-state index is 0.00763. The lowest BCUT2D eigenvalue weighted by atomic mass is 10.2. The van der Waals surface area contributed by atoms with E-state index >= 15 is 0 Å². The Morgan fingerprint density at radius 2 is 2.27 bits per heavy atom. The number of hydrogen-bond acceptors (Lipinski definition) is 5. The molecule has 1 atom stereocenters. The van der Waals surface area contributed by atoms with Crippen LogP contribution in [-0.4, -0.2) is 61.6 Å². The number of amides is 2. The van der Waals surface area contributed by atoms with Crippen LogP contribution in [0.3, 0.4) is 0 Å². The zero-order valence-electron chi connectivity index (χ0n) is 14.9. The molecular weight excluding hydrogens is 339 g/mol. The highest BCUT2D eigenvalue weighted by molar-refractivity contribution is 5.97. The van der Waals surface area contributed by atoms with Gasteiger partial charge in [-0.15, -0.1) is 0 Å². The lowest BCUT2D eigenvalue weighted by Gasteiger charge is -2.29. The summed E-state index contributed by atoms with van der Waals surface area (Å²) in [6.45, 7) is 3.68. The molecular formula is C18H25FN4O3. The van der Waals surface area contributed by atoms with Crippen LogP contribution < -0.4 is 16.0 Å². The molecule has 3 N–H and O–H groups in total. The molecule has 2 aliphatic rings. The van der Waals surface area contributed by atoms with Crippen LogP contribution in [0.4, 0.5) is 15.8 Å². The number of likely N-dealkylation sites (N-methyl/N-ethyl adjacent to an activating group) is 1. The third-order valence-electron chi connectivity index (χ3n) is 4.82. The Morgan fingerprint density at radius 1 is 1.50 bits per heavy atom. The van der Waals surface area contributed by atoms with E-state index in [1.54, 1.807) is 6.07 Å². The molecule has 8 heteroatoms. The molecule has 0 spiro atoms. The van der Waals surface area contributed by atoms with Gasteiger partial charge in [-0.2, -0.15) is 0 Å². The molecule has 1 saturated carbocycles. The molecule has 3 rings (SSSR count). The Kier molecular flexibility index (Phi) is 5.85. The van der Waals surface area contributed by atoms with Crippen LogP contribution in [0.5, 0.6) is 0 Å². The summed E-state index contributed by atoms with van der Waals surface area (Å²) in [6.07, 6.45) is 2.13. The van der Waals surface area contributed by atoms with Crippen LogP contribution in [0, 0.1) is 5.82 Å². The van der Waals surface area contributed by atoms with Crippen LogP contribution in [0.1, 0.15) is 19.8 Å². The summed E-state index contributed by atoms with van der Waals surface area (Å²) >= 11 is 0. The van der Waals surface area contributed by atoms with E-state index in [0.717, 1.165) is 19.4 Å². The number of ether oxygens (including phenoxy) is 1. The van der Waals surface area contributed by atoms with Crippen LogP contribution in [0.2, 0.25) is 0 Å². The summed E-state index contributed by atoms with van der Waals surface area (Å²) in [5.41, 5.74) is 6.34. The Labute approximate surface area is 152 Å². The molecule has 0 radical (unpaired) electrons. The second-order valence-corrected chi connectivity index (χ2v) is 6.56. The number of nitrogens with zero attached hydrogens (tertiary/aromatic N) is 2. The van der Waals surface area contributed by atoms with Gasteiger partial charge in [-0.3, -0.25) is 14.5 Å². The largest absolute Gasteiger partial charge is 0.370 e. The molecule has 0 unspecified atom stereocenters. The van der Waals surface area contributed by atoms with Gasteiger partial charge in [0.25, 0.3) is 5.91 Å². The predicted molar refractivity (Wildman–Crippen MR) is 96.4 cm³/mol. The van der Waals surface area contributed by atoms with Gasteiger partial charge in [-0.1, -0.05) is 6.92 Å². The maximum atomic E-state index is 14.5. The molecule has 1 aromatic rings. The van der Waals surface area contributed by atoms with Crippen molar-refractivity contribution in [2.24, 2.45) is 5.73 Å². The number of halogens is 1. The first-order chi connectivity index (χ1) is 12.5. The molecule has 1 aliphatic carbocycles. The van der Waals surface area contributed by atoms with Crippen molar-refractivity contribution in [3.05, 3.63) is 24.0 Å². The van der Waals surface area contributed by atoms with E-state index in [1.165, 1.54) is 17.0 Å². The van der Waals surface area contributed by atoms with Gasteiger partial charge in [-0.05, 0) is 37.6 Å². The number of nitrogens with two attached hydrogens (primary N) is 1. The number of morpholine rings is 1. The Bertz CT molecular complexity index is 680. The van der Waals surface area contributed by atoms with E-state index in [4.69, 9.17) is 10.5 Å². The van der Waals surface area contributed by atoms with Crippen molar-refractivity contribution in [2.75, 3.05) is 43.1 Å². The molecule has 142 valence electrons. The number of hydrogen-bond donors (Lipinski definition) is 2. The summed E-state index contributed by atoms with van der Waals surface area (Å²) in [5, 5.41) is 2.64. The zero-order valence-corrected chi connectivity index (χ0v) is 14.9. The average molecular weight is 364 g/mol. The van der Waals surface area contributed by atoms with Crippen molar-refractivity contribution in [3.8, 4) is 0 Å². The number of benzene rings is 1. The van der Waals surface area contributed by atoms with Crippen molar-refractivity contribution in [2.45, 2.75) is 31.8 Å².